The minimum Gasteiger partial charge on any atom is -0.336 e. The lowest BCUT2D eigenvalue weighted by atomic mass is 10.2. The van der Waals surface area contributed by atoms with Gasteiger partial charge in [0.2, 0.25) is 0 Å². The molecule has 0 aliphatic heterocycles. The van der Waals surface area contributed by atoms with Crippen LogP contribution in [0.2, 0.25) is 5.02 Å². The molecule has 0 atom stereocenters. The molecule has 5 heteroatoms. The summed E-state index contributed by atoms with van der Waals surface area (Å²) in [5.74, 6) is -0.380. The number of rotatable bonds is 3. The molecule has 16 heavy (non-hydrogen) atoms. The fourth-order valence-corrected chi connectivity index (χ4v) is 1.36. The number of hydrogen-bond acceptors (Lipinski definition) is 1. The molecule has 0 saturated carbocycles. The molecular formula is C11H14ClFN2O. The van der Waals surface area contributed by atoms with Gasteiger partial charge in [0.15, 0.2) is 0 Å². The maximum absolute atomic E-state index is 13.3. The molecule has 0 aliphatic rings. The molecule has 3 nitrogen and oxygen atoms in total. The third kappa shape index (κ3) is 4.06. The number of halogens is 2. The smallest absolute Gasteiger partial charge is 0.315 e. The molecule has 88 valence electrons. The van der Waals surface area contributed by atoms with E-state index in [0.717, 1.165) is 0 Å². The molecule has 2 N–H and O–H groups in total. The normalized spacial score (nSPS) is 10.3. The molecule has 0 unspecified atom stereocenters. The van der Waals surface area contributed by atoms with Crippen LogP contribution in [0.15, 0.2) is 18.2 Å². The Balaban J connectivity index is 2.54. The van der Waals surface area contributed by atoms with Crippen molar-refractivity contribution < 1.29 is 9.18 Å². The Bertz CT molecular complexity index is 382. The van der Waals surface area contributed by atoms with Crippen molar-refractivity contribution in [3.63, 3.8) is 0 Å². The first-order valence-corrected chi connectivity index (χ1v) is 5.35. The van der Waals surface area contributed by atoms with E-state index in [1.165, 1.54) is 18.2 Å². The van der Waals surface area contributed by atoms with E-state index in [-0.39, 0.29) is 24.4 Å². The van der Waals surface area contributed by atoms with Gasteiger partial charge in [-0.2, -0.15) is 0 Å². The van der Waals surface area contributed by atoms with Crippen molar-refractivity contribution in [1.82, 2.24) is 10.6 Å². The van der Waals surface area contributed by atoms with Gasteiger partial charge < -0.3 is 10.6 Å². The van der Waals surface area contributed by atoms with Crippen LogP contribution in [0.4, 0.5) is 9.18 Å². The Hall–Kier alpha value is -1.29. The van der Waals surface area contributed by atoms with Gasteiger partial charge in [-0.3, -0.25) is 0 Å². The van der Waals surface area contributed by atoms with E-state index < -0.39 is 0 Å². The highest BCUT2D eigenvalue weighted by atomic mass is 35.5. The average molecular weight is 245 g/mol. The topological polar surface area (TPSA) is 41.1 Å². The molecule has 2 amide bonds. The maximum atomic E-state index is 13.3. The quantitative estimate of drug-likeness (QED) is 0.843. The van der Waals surface area contributed by atoms with Crippen molar-refractivity contribution in [2.24, 2.45) is 0 Å². The van der Waals surface area contributed by atoms with Crippen molar-refractivity contribution in [3.8, 4) is 0 Å². The summed E-state index contributed by atoms with van der Waals surface area (Å²) in [5.41, 5.74) is 0.367. The molecule has 0 spiro atoms. The SMILES string of the molecule is CC(C)NC(=O)NCc1cc(Cl)ccc1F. The zero-order chi connectivity index (χ0) is 12.1. The molecular weight excluding hydrogens is 231 g/mol. The number of hydrogen-bond donors (Lipinski definition) is 2. The Morgan fingerprint density at radius 1 is 1.50 bits per heavy atom. The van der Waals surface area contributed by atoms with Crippen LogP contribution in [-0.2, 0) is 6.54 Å². The highest BCUT2D eigenvalue weighted by Crippen LogP contribution is 2.14. The van der Waals surface area contributed by atoms with Crippen molar-refractivity contribution in [2.45, 2.75) is 26.4 Å². The predicted molar refractivity (Wildman–Crippen MR) is 61.9 cm³/mol. The number of benzene rings is 1. The van der Waals surface area contributed by atoms with Crippen LogP contribution in [0.5, 0.6) is 0 Å². The van der Waals surface area contributed by atoms with Gasteiger partial charge in [-0.05, 0) is 32.0 Å². The molecule has 0 aliphatic carbocycles. The lowest BCUT2D eigenvalue weighted by Crippen LogP contribution is -2.39. The summed E-state index contributed by atoms with van der Waals surface area (Å²) in [6.45, 7) is 3.81. The highest BCUT2D eigenvalue weighted by Gasteiger charge is 2.06. The standard InChI is InChI=1S/C11H14ClFN2O/c1-7(2)15-11(16)14-6-8-5-9(12)3-4-10(8)13/h3-5,7H,6H2,1-2H3,(H2,14,15,16). The van der Waals surface area contributed by atoms with Gasteiger partial charge >= 0.3 is 6.03 Å². The van der Waals surface area contributed by atoms with Gasteiger partial charge in [0, 0.05) is 23.2 Å². The Morgan fingerprint density at radius 2 is 2.19 bits per heavy atom. The second-order valence-corrected chi connectivity index (χ2v) is 4.15. The van der Waals surface area contributed by atoms with Gasteiger partial charge in [-0.1, -0.05) is 11.6 Å². The number of urea groups is 1. The molecule has 0 saturated heterocycles. The van der Waals surface area contributed by atoms with E-state index in [0.29, 0.717) is 10.6 Å². The third-order valence-corrected chi connectivity index (χ3v) is 2.10. The van der Waals surface area contributed by atoms with Crippen LogP contribution >= 0.6 is 11.6 Å². The number of carbonyl (C=O) groups is 1. The van der Waals surface area contributed by atoms with E-state index in [9.17, 15) is 9.18 Å². The summed E-state index contributed by atoms with van der Waals surface area (Å²) in [4.78, 5) is 11.2. The highest BCUT2D eigenvalue weighted by molar-refractivity contribution is 6.30. The summed E-state index contributed by atoms with van der Waals surface area (Å²) in [7, 11) is 0. The molecule has 0 radical (unpaired) electrons. The molecule has 0 fully saturated rings. The van der Waals surface area contributed by atoms with Gasteiger partial charge in [-0.25, -0.2) is 9.18 Å². The monoisotopic (exact) mass is 244 g/mol. The Kier molecular flexibility index (Phi) is 4.55. The van der Waals surface area contributed by atoms with Crippen LogP contribution in [0, 0.1) is 5.82 Å². The summed E-state index contributed by atoms with van der Waals surface area (Å²) >= 11 is 5.72. The van der Waals surface area contributed by atoms with E-state index in [4.69, 9.17) is 11.6 Å². The minimum atomic E-state index is -0.380. The number of nitrogens with one attached hydrogen (secondary N) is 2. The summed E-state index contributed by atoms with van der Waals surface area (Å²) < 4.78 is 13.3. The van der Waals surface area contributed by atoms with E-state index in [2.05, 4.69) is 10.6 Å². The second-order valence-electron chi connectivity index (χ2n) is 3.72. The van der Waals surface area contributed by atoms with Crippen molar-refractivity contribution in [3.05, 3.63) is 34.6 Å². The molecule has 1 aromatic carbocycles. The maximum Gasteiger partial charge on any atom is 0.315 e. The minimum absolute atomic E-state index is 0.0456. The molecule has 0 aromatic heterocycles. The van der Waals surface area contributed by atoms with Crippen LogP contribution in [-0.4, -0.2) is 12.1 Å². The van der Waals surface area contributed by atoms with Crippen molar-refractivity contribution >= 4 is 17.6 Å². The average Bonchev–Trinajstić information content (AvgIpc) is 2.18. The fraction of sp³-hybridized carbons (Fsp3) is 0.364. The van der Waals surface area contributed by atoms with Gasteiger partial charge in [0.1, 0.15) is 5.82 Å². The van der Waals surface area contributed by atoms with Gasteiger partial charge in [0.05, 0.1) is 0 Å². The summed E-state index contributed by atoms with van der Waals surface area (Å²) in [6, 6.07) is 3.96. The first-order valence-electron chi connectivity index (χ1n) is 4.97. The Labute approximate surface area is 99.0 Å². The van der Waals surface area contributed by atoms with Crippen molar-refractivity contribution in [1.29, 1.82) is 0 Å². The van der Waals surface area contributed by atoms with Crippen LogP contribution in [0.1, 0.15) is 19.4 Å². The third-order valence-electron chi connectivity index (χ3n) is 1.87. The van der Waals surface area contributed by atoms with E-state index in [1.807, 2.05) is 13.8 Å². The van der Waals surface area contributed by atoms with E-state index >= 15 is 0 Å². The first kappa shape index (κ1) is 12.8. The molecule has 1 aromatic rings. The zero-order valence-corrected chi connectivity index (χ0v) is 9.94. The number of carbonyl (C=O) groups excluding carboxylic acids is 1. The largest absolute Gasteiger partial charge is 0.336 e. The first-order chi connectivity index (χ1) is 7.49. The van der Waals surface area contributed by atoms with Gasteiger partial charge in [0.25, 0.3) is 0 Å². The molecule has 0 heterocycles. The van der Waals surface area contributed by atoms with E-state index in [1.54, 1.807) is 0 Å². The second kappa shape index (κ2) is 5.70. The van der Waals surface area contributed by atoms with Crippen LogP contribution < -0.4 is 10.6 Å². The molecule has 1 rings (SSSR count). The summed E-state index contributed by atoms with van der Waals surface area (Å²) in [6.07, 6.45) is 0. The van der Waals surface area contributed by atoms with Crippen LogP contribution in [0.3, 0.4) is 0 Å². The predicted octanol–water partition coefficient (Wildman–Crippen LogP) is 2.69. The number of amides is 2. The van der Waals surface area contributed by atoms with Crippen LogP contribution in [0.25, 0.3) is 0 Å². The lowest BCUT2D eigenvalue weighted by molar-refractivity contribution is 0.238. The zero-order valence-electron chi connectivity index (χ0n) is 9.18. The Morgan fingerprint density at radius 3 is 2.81 bits per heavy atom. The molecule has 0 bridgehead atoms. The van der Waals surface area contributed by atoms with Crippen molar-refractivity contribution in [2.75, 3.05) is 0 Å². The van der Waals surface area contributed by atoms with Gasteiger partial charge in [-0.15, -0.1) is 0 Å². The fourth-order valence-electron chi connectivity index (χ4n) is 1.17. The summed E-state index contributed by atoms with van der Waals surface area (Å²) in [5, 5.41) is 5.64. The lowest BCUT2D eigenvalue weighted by Gasteiger charge is -2.10.